The van der Waals surface area contributed by atoms with Gasteiger partial charge in [-0.1, -0.05) is 12.1 Å². The summed E-state index contributed by atoms with van der Waals surface area (Å²) in [5.74, 6) is 0.926. The maximum atomic E-state index is 5.55. The average molecular weight is 242 g/mol. The first-order chi connectivity index (χ1) is 8.69. The average Bonchev–Trinajstić information content (AvgIpc) is 2.39. The lowest BCUT2D eigenvalue weighted by molar-refractivity contribution is 0.856. The van der Waals surface area contributed by atoms with Crippen molar-refractivity contribution >= 4 is 5.82 Å². The van der Waals surface area contributed by atoms with Crippen LogP contribution in [0.2, 0.25) is 0 Å². The molecule has 2 heterocycles. The summed E-state index contributed by atoms with van der Waals surface area (Å²) < 4.78 is 0. The number of nitrogens with zero attached hydrogens (tertiary/aromatic N) is 3. The molecule has 0 unspecified atom stereocenters. The summed E-state index contributed by atoms with van der Waals surface area (Å²) in [7, 11) is 2.01. The van der Waals surface area contributed by atoms with Crippen LogP contribution in [0.3, 0.4) is 0 Å². The van der Waals surface area contributed by atoms with Crippen LogP contribution < -0.4 is 10.6 Å². The van der Waals surface area contributed by atoms with Crippen LogP contribution in [0.25, 0.3) is 0 Å². The lowest BCUT2D eigenvalue weighted by atomic mass is 10.2. The Morgan fingerprint density at radius 3 is 2.67 bits per heavy atom. The fourth-order valence-corrected chi connectivity index (χ4v) is 1.77. The first-order valence-electron chi connectivity index (χ1n) is 5.97. The highest BCUT2D eigenvalue weighted by Crippen LogP contribution is 2.12. The van der Waals surface area contributed by atoms with E-state index in [1.807, 2.05) is 50.5 Å². The molecule has 0 saturated heterocycles. The standard InChI is InChI=1S/C14H18N4/c1-11-4-3-5-13(17-11)10-18(2)14-7-6-12(8-15)9-16-14/h3-7,9H,8,10,15H2,1-2H3. The molecule has 0 fully saturated rings. The van der Waals surface area contributed by atoms with Gasteiger partial charge in [0.25, 0.3) is 0 Å². The third kappa shape index (κ3) is 3.05. The topological polar surface area (TPSA) is 55.0 Å². The van der Waals surface area contributed by atoms with Crippen molar-refractivity contribution < 1.29 is 0 Å². The van der Waals surface area contributed by atoms with E-state index in [2.05, 4.69) is 14.9 Å². The van der Waals surface area contributed by atoms with Crippen LogP contribution in [0.4, 0.5) is 5.82 Å². The molecule has 0 saturated carbocycles. The highest BCUT2D eigenvalue weighted by Gasteiger charge is 2.04. The van der Waals surface area contributed by atoms with E-state index in [1.165, 1.54) is 0 Å². The van der Waals surface area contributed by atoms with Crippen molar-refractivity contribution in [1.82, 2.24) is 9.97 Å². The molecule has 4 nitrogen and oxygen atoms in total. The Morgan fingerprint density at radius 2 is 2.06 bits per heavy atom. The molecule has 2 rings (SSSR count). The summed E-state index contributed by atoms with van der Waals surface area (Å²) >= 11 is 0. The number of rotatable bonds is 4. The van der Waals surface area contributed by atoms with Crippen molar-refractivity contribution in [2.45, 2.75) is 20.0 Å². The number of hydrogen-bond donors (Lipinski definition) is 1. The number of pyridine rings is 2. The van der Waals surface area contributed by atoms with E-state index < -0.39 is 0 Å². The smallest absolute Gasteiger partial charge is 0.128 e. The third-order valence-electron chi connectivity index (χ3n) is 2.78. The van der Waals surface area contributed by atoms with E-state index in [0.29, 0.717) is 6.54 Å². The van der Waals surface area contributed by atoms with Gasteiger partial charge < -0.3 is 10.6 Å². The summed E-state index contributed by atoms with van der Waals surface area (Å²) in [5, 5.41) is 0. The Labute approximate surface area is 107 Å². The molecule has 0 aliphatic rings. The Bertz CT molecular complexity index is 507. The molecule has 0 radical (unpaired) electrons. The summed E-state index contributed by atoms with van der Waals surface area (Å²) in [5.41, 5.74) is 8.67. The molecule has 0 aliphatic heterocycles. The zero-order valence-corrected chi connectivity index (χ0v) is 10.8. The molecule has 2 aromatic heterocycles. The normalized spacial score (nSPS) is 10.4. The van der Waals surface area contributed by atoms with Gasteiger partial charge in [0.05, 0.1) is 12.2 Å². The Kier molecular flexibility index (Phi) is 3.89. The van der Waals surface area contributed by atoms with Crippen molar-refractivity contribution in [3.8, 4) is 0 Å². The molecule has 0 atom stereocenters. The van der Waals surface area contributed by atoms with Crippen LogP contribution in [0.15, 0.2) is 36.5 Å². The van der Waals surface area contributed by atoms with Gasteiger partial charge in [-0.3, -0.25) is 4.98 Å². The van der Waals surface area contributed by atoms with Crippen molar-refractivity contribution in [1.29, 1.82) is 0 Å². The minimum atomic E-state index is 0.524. The summed E-state index contributed by atoms with van der Waals surface area (Å²) in [4.78, 5) is 10.9. The van der Waals surface area contributed by atoms with Gasteiger partial charge in [-0.15, -0.1) is 0 Å². The second kappa shape index (κ2) is 5.60. The summed E-state index contributed by atoms with van der Waals surface area (Å²) in [6.45, 7) is 3.27. The maximum Gasteiger partial charge on any atom is 0.128 e. The van der Waals surface area contributed by atoms with Gasteiger partial charge in [-0.2, -0.15) is 0 Å². The molecule has 2 aromatic rings. The molecular formula is C14H18N4. The lowest BCUT2D eigenvalue weighted by Gasteiger charge is -2.18. The number of nitrogens with two attached hydrogens (primary N) is 1. The Hall–Kier alpha value is -1.94. The molecule has 0 bridgehead atoms. The predicted octanol–water partition coefficient (Wildman–Crippen LogP) is 1.88. The van der Waals surface area contributed by atoms with Gasteiger partial charge in [0.15, 0.2) is 0 Å². The lowest BCUT2D eigenvalue weighted by Crippen LogP contribution is -2.18. The molecule has 18 heavy (non-hydrogen) atoms. The largest absolute Gasteiger partial charge is 0.354 e. The minimum Gasteiger partial charge on any atom is -0.354 e. The van der Waals surface area contributed by atoms with E-state index in [1.54, 1.807) is 0 Å². The molecule has 0 spiro atoms. The van der Waals surface area contributed by atoms with E-state index in [-0.39, 0.29) is 0 Å². The predicted molar refractivity (Wildman–Crippen MR) is 73.2 cm³/mol. The van der Waals surface area contributed by atoms with Crippen molar-refractivity contribution in [2.75, 3.05) is 11.9 Å². The van der Waals surface area contributed by atoms with Gasteiger partial charge in [0.2, 0.25) is 0 Å². The van der Waals surface area contributed by atoms with Crippen molar-refractivity contribution in [3.05, 3.63) is 53.5 Å². The van der Waals surface area contributed by atoms with Gasteiger partial charge in [-0.25, -0.2) is 4.98 Å². The number of anilines is 1. The van der Waals surface area contributed by atoms with Crippen LogP contribution in [-0.2, 0) is 13.1 Å². The molecular weight excluding hydrogens is 224 g/mol. The molecule has 94 valence electrons. The zero-order valence-electron chi connectivity index (χ0n) is 10.8. The molecule has 0 amide bonds. The first kappa shape index (κ1) is 12.5. The van der Waals surface area contributed by atoms with Crippen LogP contribution in [-0.4, -0.2) is 17.0 Å². The maximum absolute atomic E-state index is 5.55. The Balaban J connectivity index is 2.09. The molecule has 0 aliphatic carbocycles. The fraction of sp³-hybridized carbons (Fsp3) is 0.286. The number of aryl methyl sites for hydroxylation is 1. The van der Waals surface area contributed by atoms with Crippen molar-refractivity contribution in [2.24, 2.45) is 5.73 Å². The fourth-order valence-electron chi connectivity index (χ4n) is 1.77. The quantitative estimate of drug-likeness (QED) is 0.889. The van der Waals surface area contributed by atoms with Crippen LogP contribution >= 0.6 is 0 Å². The summed E-state index contributed by atoms with van der Waals surface area (Å²) in [6.07, 6.45) is 1.81. The first-order valence-corrected chi connectivity index (χ1v) is 5.97. The Morgan fingerprint density at radius 1 is 1.22 bits per heavy atom. The van der Waals surface area contributed by atoms with E-state index in [4.69, 9.17) is 5.73 Å². The van der Waals surface area contributed by atoms with Crippen LogP contribution in [0.1, 0.15) is 17.0 Å². The third-order valence-corrected chi connectivity index (χ3v) is 2.78. The molecule has 4 heteroatoms. The minimum absolute atomic E-state index is 0.524. The van der Waals surface area contributed by atoms with Crippen molar-refractivity contribution in [3.63, 3.8) is 0 Å². The second-order valence-electron chi connectivity index (χ2n) is 4.36. The van der Waals surface area contributed by atoms with E-state index in [0.717, 1.165) is 29.3 Å². The SMILES string of the molecule is Cc1cccc(CN(C)c2ccc(CN)cn2)n1. The number of hydrogen-bond acceptors (Lipinski definition) is 4. The van der Waals surface area contributed by atoms with Gasteiger partial charge in [0.1, 0.15) is 5.82 Å². The van der Waals surface area contributed by atoms with E-state index in [9.17, 15) is 0 Å². The summed E-state index contributed by atoms with van der Waals surface area (Å²) in [6, 6.07) is 10.0. The monoisotopic (exact) mass is 242 g/mol. The molecule has 2 N–H and O–H groups in total. The van der Waals surface area contributed by atoms with E-state index >= 15 is 0 Å². The van der Waals surface area contributed by atoms with Gasteiger partial charge >= 0.3 is 0 Å². The zero-order chi connectivity index (χ0) is 13.0. The second-order valence-corrected chi connectivity index (χ2v) is 4.36. The number of aromatic nitrogens is 2. The van der Waals surface area contributed by atoms with Gasteiger partial charge in [0, 0.05) is 25.5 Å². The van der Waals surface area contributed by atoms with Crippen LogP contribution in [0.5, 0.6) is 0 Å². The van der Waals surface area contributed by atoms with Crippen LogP contribution in [0, 0.1) is 6.92 Å². The molecule has 0 aromatic carbocycles. The highest BCUT2D eigenvalue weighted by atomic mass is 15.2. The van der Waals surface area contributed by atoms with Gasteiger partial charge in [-0.05, 0) is 30.7 Å². The highest BCUT2D eigenvalue weighted by molar-refractivity contribution is 5.38.